The quantitative estimate of drug-likeness (QED) is 0.859. The summed E-state index contributed by atoms with van der Waals surface area (Å²) in [6.45, 7) is 0.619. The maximum absolute atomic E-state index is 12.4. The number of rotatable bonds is 2. The van der Waals surface area contributed by atoms with E-state index in [4.69, 9.17) is 27.3 Å². The van der Waals surface area contributed by atoms with E-state index in [0.717, 1.165) is 4.31 Å². The van der Waals surface area contributed by atoms with E-state index in [1.165, 1.54) is 18.2 Å². The third-order valence-corrected chi connectivity index (χ3v) is 5.17. The molecule has 0 bridgehead atoms. The minimum atomic E-state index is -3.78. The highest BCUT2D eigenvalue weighted by atomic mass is 35.5. The zero-order valence-electron chi connectivity index (χ0n) is 9.91. The van der Waals surface area contributed by atoms with Crippen LogP contribution in [0.15, 0.2) is 23.1 Å². The largest absolute Gasteiger partial charge is 0.377 e. The van der Waals surface area contributed by atoms with Gasteiger partial charge < -0.3 is 10.5 Å². The Balaban J connectivity index is 2.42. The molecule has 2 rings (SSSR count). The average molecular weight is 302 g/mol. The molecule has 0 radical (unpaired) electrons. The summed E-state index contributed by atoms with van der Waals surface area (Å²) < 4.78 is 31.1. The third kappa shape index (κ3) is 2.73. The lowest BCUT2D eigenvalue weighted by atomic mass is 10.2. The molecule has 6 nitrogen and oxygen atoms in total. The van der Waals surface area contributed by atoms with Crippen LogP contribution in [0.4, 0.5) is 0 Å². The molecule has 1 aromatic rings. The normalized spacial score (nSPS) is 21.0. The van der Waals surface area contributed by atoms with Gasteiger partial charge in [-0.05, 0) is 18.2 Å². The lowest BCUT2D eigenvalue weighted by molar-refractivity contribution is 0.0350. The molecule has 102 valence electrons. The van der Waals surface area contributed by atoms with Crippen molar-refractivity contribution >= 4 is 21.6 Å². The predicted octanol–water partition coefficient (Wildman–Crippen LogP) is 0.517. The topological polar surface area (TPSA) is 96.4 Å². The number of nitriles is 1. The summed E-state index contributed by atoms with van der Waals surface area (Å²) in [6, 6.07) is 5.94. The van der Waals surface area contributed by atoms with Crippen LogP contribution in [0.25, 0.3) is 0 Å². The van der Waals surface area contributed by atoms with Crippen LogP contribution in [0.1, 0.15) is 5.56 Å². The van der Waals surface area contributed by atoms with E-state index < -0.39 is 16.2 Å². The molecule has 0 aliphatic carbocycles. The van der Waals surface area contributed by atoms with Crippen LogP contribution in [0.3, 0.4) is 0 Å². The van der Waals surface area contributed by atoms with Crippen molar-refractivity contribution in [1.82, 2.24) is 4.31 Å². The molecule has 0 amide bonds. The van der Waals surface area contributed by atoms with Crippen LogP contribution in [-0.2, 0) is 14.8 Å². The standard InChI is InChI=1S/C11H12ClN3O3S/c12-9-5-8(6-13)1-2-10(9)19(16,17)15-3-4-18-7-11(15)14/h1-2,5,11H,3-4,7,14H2. The van der Waals surface area contributed by atoms with Crippen molar-refractivity contribution in [2.45, 2.75) is 11.1 Å². The molecule has 1 unspecified atom stereocenters. The van der Waals surface area contributed by atoms with Crippen LogP contribution < -0.4 is 5.73 Å². The highest BCUT2D eigenvalue weighted by Gasteiger charge is 2.33. The molecule has 1 fully saturated rings. The monoisotopic (exact) mass is 301 g/mol. The van der Waals surface area contributed by atoms with E-state index >= 15 is 0 Å². The molecular weight excluding hydrogens is 290 g/mol. The first-order chi connectivity index (χ1) is 8.96. The Hall–Kier alpha value is -1.17. The number of sulfonamides is 1. The molecule has 0 aromatic heterocycles. The molecule has 1 aliphatic heterocycles. The maximum atomic E-state index is 12.4. The van der Waals surface area contributed by atoms with Crippen LogP contribution in [-0.4, -0.2) is 38.6 Å². The number of nitrogens with two attached hydrogens (primary N) is 1. The minimum Gasteiger partial charge on any atom is -0.377 e. The van der Waals surface area contributed by atoms with E-state index in [1.807, 2.05) is 6.07 Å². The molecule has 1 heterocycles. The summed E-state index contributed by atoms with van der Waals surface area (Å²) in [5.74, 6) is 0. The summed E-state index contributed by atoms with van der Waals surface area (Å²) in [5, 5.41) is 8.75. The third-order valence-electron chi connectivity index (χ3n) is 2.76. The summed E-state index contributed by atoms with van der Waals surface area (Å²) >= 11 is 5.93. The molecule has 0 spiro atoms. The van der Waals surface area contributed by atoms with Crippen LogP contribution in [0.2, 0.25) is 5.02 Å². The zero-order chi connectivity index (χ0) is 14.0. The van der Waals surface area contributed by atoms with Crippen molar-refractivity contribution < 1.29 is 13.2 Å². The van der Waals surface area contributed by atoms with E-state index in [0.29, 0.717) is 12.2 Å². The van der Waals surface area contributed by atoms with E-state index in [2.05, 4.69) is 0 Å². The van der Waals surface area contributed by atoms with Crippen molar-refractivity contribution in [3.05, 3.63) is 28.8 Å². The molecule has 1 aliphatic rings. The molecule has 1 aromatic carbocycles. The molecule has 19 heavy (non-hydrogen) atoms. The number of ether oxygens (including phenoxy) is 1. The van der Waals surface area contributed by atoms with Gasteiger partial charge >= 0.3 is 0 Å². The van der Waals surface area contributed by atoms with Gasteiger partial charge in [0.05, 0.1) is 36.0 Å². The average Bonchev–Trinajstić information content (AvgIpc) is 2.38. The van der Waals surface area contributed by atoms with Gasteiger partial charge in [0.1, 0.15) is 4.90 Å². The summed E-state index contributed by atoms with van der Waals surface area (Å²) in [6.07, 6.45) is -0.731. The molecule has 2 N–H and O–H groups in total. The molecule has 1 atom stereocenters. The minimum absolute atomic E-state index is 0.0118. The number of hydrogen-bond donors (Lipinski definition) is 1. The first-order valence-electron chi connectivity index (χ1n) is 5.51. The summed E-state index contributed by atoms with van der Waals surface area (Å²) in [5.41, 5.74) is 6.04. The van der Waals surface area contributed by atoms with Gasteiger partial charge in [-0.2, -0.15) is 9.57 Å². The first kappa shape index (κ1) is 14.2. The number of benzene rings is 1. The van der Waals surface area contributed by atoms with Gasteiger partial charge in [-0.25, -0.2) is 8.42 Å². The fourth-order valence-corrected chi connectivity index (χ4v) is 3.82. The van der Waals surface area contributed by atoms with E-state index in [-0.39, 0.29) is 23.1 Å². The van der Waals surface area contributed by atoms with Gasteiger partial charge in [0.25, 0.3) is 0 Å². The second-order valence-corrected chi connectivity index (χ2v) is 6.28. The molecule has 1 saturated heterocycles. The van der Waals surface area contributed by atoms with Crippen LogP contribution in [0.5, 0.6) is 0 Å². The van der Waals surface area contributed by atoms with Crippen molar-refractivity contribution in [1.29, 1.82) is 5.26 Å². The zero-order valence-corrected chi connectivity index (χ0v) is 11.5. The van der Waals surface area contributed by atoms with Gasteiger partial charge in [0.15, 0.2) is 0 Å². The molecular formula is C11H12ClN3O3S. The highest BCUT2D eigenvalue weighted by molar-refractivity contribution is 7.89. The van der Waals surface area contributed by atoms with Gasteiger partial charge in [0, 0.05) is 6.54 Å². The van der Waals surface area contributed by atoms with E-state index in [1.54, 1.807) is 0 Å². The first-order valence-corrected chi connectivity index (χ1v) is 7.33. The fraction of sp³-hybridized carbons (Fsp3) is 0.364. The molecule has 8 heteroatoms. The summed E-state index contributed by atoms with van der Waals surface area (Å²) in [7, 11) is -3.78. The predicted molar refractivity (Wildman–Crippen MR) is 68.9 cm³/mol. The highest BCUT2D eigenvalue weighted by Crippen LogP contribution is 2.26. The lowest BCUT2D eigenvalue weighted by Gasteiger charge is -2.32. The maximum Gasteiger partial charge on any atom is 0.246 e. The van der Waals surface area contributed by atoms with Gasteiger partial charge in [-0.3, -0.25) is 0 Å². The lowest BCUT2D eigenvalue weighted by Crippen LogP contribution is -2.53. The Morgan fingerprint density at radius 1 is 1.53 bits per heavy atom. The Bertz CT molecular complexity index is 627. The fourth-order valence-electron chi connectivity index (χ4n) is 1.81. The van der Waals surface area contributed by atoms with Gasteiger partial charge in [0.2, 0.25) is 10.0 Å². The van der Waals surface area contributed by atoms with Gasteiger partial charge in [-0.15, -0.1) is 0 Å². The number of morpholine rings is 1. The van der Waals surface area contributed by atoms with Crippen LogP contribution >= 0.6 is 11.6 Å². The van der Waals surface area contributed by atoms with Crippen molar-refractivity contribution in [2.75, 3.05) is 19.8 Å². The number of halogens is 1. The Labute approximate surface area is 116 Å². The van der Waals surface area contributed by atoms with Gasteiger partial charge in [-0.1, -0.05) is 11.6 Å². The summed E-state index contributed by atoms with van der Waals surface area (Å²) in [4.78, 5) is -0.0504. The van der Waals surface area contributed by atoms with E-state index in [9.17, 15) is 8.42 Å². The SMILES string of the molecule is N#Cc1ccc(S(=O)(=O)N2CCOCC2N)c(Cl)c1. The number of nitrogens with zero attached hydrogens (tertiary/aromatic N) is 2. The second-order valence-electron chi connectivity index (χ2n) is 4.02. The van der Waals surface area contributed by atoms with Crippen molar-refractivity contribution in [2.24, 2.45) is 5.73 Å². The number of hydrogen-bond acceptors (Lipinski definition) is 5. The van der Waals surface area contributed by atoms with Crippen LogP contribution in [0, 0.1) is 11.3 Å². The second kappa shape index (κ2) is 5.45. The molecule has 0 saturated carbocycles. The Kier molecular flexibility index (Phi) is 4.08. The Morgan fingerprint density at radius 3 is 2.84 bits per heavy atom. The van der Waals surface area contributed by atoms with Crippen molar-refractivity contribution in [3.8, 4) is 6.07 Å². The van der Waals surface area contributed by atoms with Crippen molar-refractivity contribution in [3.63, 3.8) is 0 Å². The smallest absolute Gasteiger partial charge is 0.246 e. The Morgan fingerprint density at radius 2 is 2.26 bits per heavy atom.